The number of hydrogen-bond acceptors (Lipinski definition) is 6. The van der Waals surface area contributed by atoms with Gasteiger partial charge in [-0.15, -0.1) is 0 Å². The second kappa shape index (κ2) is 13.5. The molecule has 2 unspecified atom stereocenters. The lowest BCUT2D eigenvalue weighted by Gasteiger charge is -2.58. The molecule has 0 radical (unpaired) electrons. The van der Waals surface area contributed by atoms with Crippen molar-refractivity contribution in [3.05, 3.63) is 57.7 Å². The summed E-state index contributed by atoms with van der Waals surface area (Å²) in [7, 11) is 0. The second-order valence-electron chi connectivity index (χ2n) is 18.2. The Morgan fingerprint density at radius 3 is 1.32 bits per heavy atom. The van der Waals surface area contributed by atoms with E-state index in [9.17, 15) is 19.2 Å². The topological polar surface area (TPSA) is 86.7 Å². The van der Waals surface area contributed by atoms with Gasteiger partial charge in [-0.05, 0) is 164 Å². The van der Waals surface area contributed by atoms with Gasteiger partial charge in [0.25, 0.3) is 0 Å². The Kier molecular flexibility index (Phi) is 9.93. The van der Waals surface area contributed by atoms with Crippen LogP contribution in [-0.2, 0) is 28.7 Å². The van der Waals surface area contributed by atoms with Crippen molar-refractivity contribution in [1.29, 1.82) is 0 Å². The molecule has 6 heteroatoms. The minimum absolute atomic E-state index is 0.0284. The molecule has 0 aromatic rings. The third-order valence-electron chi connectivity index (χ3n) is 15.0. The van der Waals surface area contributed by atoms with Gasteiger partial charge < -0.3 is 9.47 Å². The van der Waals surface area contributed by atoms with Gasteiger partial charge in [0, 0.05) is 12.2 Å². The highest BCUT2D eigenvalue weighted by molar-refractivity contribution is 6.00. The Bertz CT molecular complexity index is 1490. The first kappa shape index (κ1) is 36.8. The summed E-state index contributed by atoms with van der Waals surface area (Å²) >= 11 is 0. The van der Waals surface area contributed by atoms with Crippen LogP contribution in [-0.4, -0.2) is 23.9 Å². The van der Waals surface area contributed by atoms with Crippen LogP contribution < -0.4 is 0 Å². The molecule has 6 rings (SSSR count). The van der Waals surface area contributed by atoms with Crippen molar-refractivity contribution in [3.8, 4) is 0 Å². The van der Waals surface area contributed by atoms with Gasteiger partial charge >= 0.3 is 23.9 Å². The quantitative estimate of drug-likeness (QED) is 0.166. The van der Waals surface area contributed by atoms with Crippen molar-refractivity contribution in [2.24, 2.45) is 45.3 Å². The highest BCUT2D eigenvalue weighted by Crippen LogP contribution is 2.65. The van der Waals surface area contributed by atoms with E-state index >= 15 is 0 Å². The molecule has 272 valence electrons. The molecule has 0 aromatic carbocycles. The molecule has 50 heavy (non-hydrogen) atoms. The Hall–Kier alpha value is -3.02. The van der Waals surface area contributed by atoms with Gasteiger partial charge in [0.15, 0.2) is 0 Å². The average molecular weight is 685 g/mol. The zero-order valence-corrected chi connectivity index (χ0v) is 32.0. The van der Waals surface area contributed by atoms with Gasteiger partial charge in [0.1, 0.15) is 0 Å². The van der Waals surface area contributed by atoms with E-state index in [0.717, 1.165) is 89.2 Å². The highest BCUT2D eigenvalue weighted by atomic mass is 16.6. The summed E-state index contributed by atoms with van der Waals surface area (Å²) < 4.78 is 10.9. The molecular formula is C44H60O6. The largest absolute Gasteiger partial charge is 0.389 e. The summed E-state index contributed by atoms with van der Waals surface area (Å²) in [6, 6.07) is 0. The van der Waals surface area contributed by atoms with E-state index in [2.05, 4.69) is 53.7 Å². The predicted octanol–water partition coefficient (Wildman–Crippen LogP) is 10.2. The van der Waals surface area contributed by atoms with Crippen LogP contribution in [0.5, 0.6) is 0 Å². The van der Waals surface area contributed by atoms with E-state index in [1.165, 1.54) is 33.4 Å². The summed E-state index contributed by atoms with van der Waals surface area (Å²) in [6.07, 6.45) is 20.1. The maximum Gasteiger partial charge on any atom is 0.338 e. The van der Waals surface area contributed by atoms with Gasteiger partial charge in [-0.1, -0.05) is 61.1 Å². The fourth-order valence-electron chi connectivity index (χ4n) is 12.2. The summed E-state index contributed by atoms with van der Waals surface area (Å²) in [5.74, 6) is -1.72. The molecule has 0 aromatic heterocycles. The molecule has 0 aliphatic heterocycles. The first-order valence-electron chi connectivity index (χ1n) is 19.5. The standard InChI is InChI=1S/C44H60O6/c1-27(2)29-11-15-33-31(25-29)13-17-35-41(33,5)21-9-23-43(35,7)39(47)49-37(45)19-20-38(46)50-40(48)44(8)24-10-22-42(6)34-16-12-30(28(3)4)26-32(34)14-18-36(42)44/h19-20,25-26,33-36H,9-18,21-24H2,1-8H3/t33-,34-,35?,36?,41-,42-,43-,44-/m1/s1. The number of rotatable bonds is 4. The highest BCUT2D eigenvalue weighted by Gasteiger charge is 2.60. The van der Waals surface area contributed by atoms with Crippen molar-refractivity contribution in [2.45, 2.75) is 145 Å². The maximum absolute atomic E-state index is 13.7. The summed E-state index contributed by atoms with van der Waals surface area (Å²) in [5, 5.41) is 0. The fraction of sp³-hybridized carbons (Fsp3) is 0.682. The van der Waals surface area contributed by atoms with Crippen LogP contribution in [0.15, 0.2) is 57.7 Å². The lowest BCUT2D eigenvalue weighted by Crippen LogP contribution is -2.54. The van der Waals surface area contributed by atoms with Crippen molar-refractivity contribution in [1.82, 2.24) is 0 Å². The van der Waals surface area contributed by atoms with Gasteiger partial charge in [-0.25, -0.2) is 9.59 Å². The molecule has 0 heterocycles. The molecule has 0 amide bonds. The molecule has 8 atom stereocenters. The molecule has 6 aliphatic rings. The smallest absolute Gasteiger partial charge is 0.338 e. The van der Waals surface area contributed by atoms with Crippen molar-refractivity contribution < 1.29 is 28.7 Å². The second-order valence-corrected chi connectivity index (χ2v) is 18.2. The Morgan fingerprint density at radius 2 is 0.960 bits per heavy atom. The monoisotopic (exact) mass is 684 g/mol. The predicted molar refractivity (Wildman–Crippen MR) is 195 cm³/mol. The van der Waals surface area contributed by atoms with Crippen molar-refractivity contribution in [3.63, 3.8) is 0 Å². The number of hydrogen-bond donors (Lipinski definition) is 0. The Morgan fingerprint density at radius 1 is 0.580 bits per heavy atom. The van der Waals surface area contributed by atoms with Crippen LogP contribution in [0.25, 0.3) is 0 Å². The van der Waals surface area contributed by atoms with Crippen LogP contribution in [0.4, 0.5) is 0 Å². The SMILES string of the molecule is CC(C)=C1C=C2CCC3[C@](C)(C(=O)OC(=O)C=CC(=O)OC(=O)[C@]4(C)CCC[C@@]5(C)C4CCC4=CC(=C(C)C)CC[C@H]45)CCC[C@]3(C)[C@@H]2CC1. The molecule has 6 nitrogen and oxygen atoms in total. The first-order chi connectivity index (χ1) is 23.5. The van der Waals surface area contributed by atoms with E-state index in [1.807, 2.05) is 13.8 Å². The summed E-state index contributed by atoms with van der Waals surface area (Å²) in [6.45, 7) is 17.4. The summed E-state index contributed by atoms with van der Waals surface area (Å²) in [4.78, 5) is 53.4. The van der Waals surface area contributed by atoms with Crippen molar-refractivity contribution >= 4 is 23.9 Å². The third kappa shape index (κ3) is 6.25. The zero-order valence-electron chi connectivity index (χ0n) is 32.0. The van der Waals surface area contributed by atoms with Crippen LogP contribution in [0.2, 0.25) is 0 Å². The van der Waals surface area contributed by atoms with Gasteiger partial charge in [0.2, 0.25) is 0 Å². The van der Waals surface area contributed by atoms with E-state index in [0.29, 0.717) is 24.7 Å². The normalized spacial score (nSPS) is 38.0. The average Bonchev–Trinajstić information content (AvgIpc) is 3.06. The molecule has 0 bridgehead atoms. The number of allylic oxidation sites excluding steroid dienone is 8. The van der Waals surface area contributed by atoms with E-state index in [-0.39, 0.29) is 22.7 Å². The molecule has 4 saturated carbocycles. The lowest BCUT2D eigenvalue weighted by atomic mass is 9.46. The molecule has 6 aliphatic carbocycles. The number of esters is 4. The Balaban J connectivity index is 1.08. The summed E-state index contributed by atoms with van der Waals surface area (Å²) in [5.41, 5.74) is 7.06. The van der Waals surface area contributed by atoms with Gasteiger partial charge in [-0.2, -0.15) is 0 Å². The number of ether oxygens (including phenoxy) is 2. The third-order valence-corrected chi connectivity index (χ3v) is 15.0. The number of carbonyl (C=O) groups excluding carboxylic acids is 4. The van der Waals surface area contributed by atoms with Crippen molar-refractivity contribution in [2.75, 3.05) is 0 Å². The molecule has 0 N–H and O–H groups in total. The Labute approximate surface area is 300 Å². The maximum atomic E-state index is 13.7. The number of carbonyl (C=O) groups is 4. The molecule has 0 spiro atoms. The first-order valence-corrected chi connectivity index (χ1v) is 19.5. The molecular weight excluding hydrogens is 624 g/mol. The molecule has 0 saturated heterocycles. The number of fused-ring (bicyclic) bond motifs is 6. The fourth-order valence-corrected chi connectivity index (χ4v) is 12.2. The zero-order chi connectivity index (χ0) is 36.2. The van der Waals surface area contributed by atoms with E-state index < -0.39 is 34.7 Å². The molecule has 4 fully saturated rings. The van der Waals surface area contributed by atoms with Crippen LogP contribution >= 0.6 is 0 Å². The van der Waals surface area contributed by atoms with Gasteiger partial charge in [-0.3, -0.25) is 9.59 Å². The minimum Gasteiger partial charge on any atom is -0.389 e. The lowest BCUT2D eigenvalue weighted by molar-refractivity contribution is -0.177. The van der Waals surface area contributed by atoms with Crippen LogP contribution in [0.1, 0.15) is 145 Å². The van der Waals surface area contributed by atoms with Gasteiger partial charge in [0.05, 0.1) is 10.8 Å². The minimum atomic E-state index is -0.897. The van der Waals surface area contributed by atoms with E-state index in [1.54, 1.807) is 0 Å². The van der Waals surface area contributed by atoms with Crippen LogP contribution in [0, 0.1) is 45.3 Å². The van der Waals surface area contributed by atoms with E-state index in [4.69, 9.17) is 9.47 Å². The van der Waals surface area contributed by atoms with Crippen LogP contribution in [0.3, 0.4) is 0 Å².